The molecule has 0 radical (unpaired) electrons. The molecule has 3 aromatic rings. The molecule has 1 aliphatic heterocycles. The summed E-state index contributed by atoms with van der Waals surface area (Å²) in [7, 11) is 2.97. The Labute approximate surface area is 222 Å². The van der Waals surface area contributed by atoms with Gasteiger partial charge < -0.3 is 18.9 Å². The van der Waals surface area contributed by atoms with E-state index < -0.39 is 17.1 Å². The Kier molecular flexibility index (Phi) is 8.37. The second kappa shape index (κ2) is 11.9. The highest BCUT2D eigenvalue weighted by Gasteiger charge is 2.35. The Morgan fingerprint density at radius 2 is 1.59 bits per heavy atom. The molecule has 0 aromatic heterocycles. The smallest absolute Gasteiger partial charge is 0.343 e. The fraction of sp³-hybridized carbons (Fsp3) is 0.148. The molecule has 1 heterocycles. The fourth-order valence-corrected chi connectivity index (χ4v) is 4.45. The number of nitrogens with zero attached hydrogens (tertiary/aromatic N) is 1. The zero-order chi connectivity index (χ0) is 26.4. The van der Waals surface area contributed by atoms with Crippen molar-refractivity contribution >= 4 is 46.6 Å². The normalized spacial score (nSPS) is 14.1. The van der Waals surface area contributed by atoms with E-state index in [-0.39, 0.29) is 29.4 Å². The summed E-state index contributed by atoms with van der Waals surface area (Å²) in [6.45, 7) is 0.144. The Morgan fingerprint density at radius 1 is 0.919 bits per heavy atom. The molecule has 1 fully saturated rings. The molecule has 2 amide bonds. The number of para-hydroxylation sites is 3. The summed E-state index contributed by atoms with van der Waals surface area (Å²) < 4.78 is 21.9. The number of amides is 2. The number of hydrogen-bond acceptors (Lipinski definition) is 8. The van der Waals surface area contributed by atoms with Gasteiger partial charge in [0.15, 0.2) is 23.0 Å². The first kappa shape index (κ1) is 26.1. The summed E-state index contributed by atoms with van der Waals surface area (Å²) in [5, 5.41) is 0.0565. The van der Waals surface area contributed by atoms with Crippen molar-refractivity contribution in [3.05, 3.63) is 87.8 Å². The number of carbonyl (C=O) groups is 3. The molecule has 4 rings (SSSR count). The molecular formula is C27H22ClNO7S. The van der Waals surface area contributed by atoms with Gasteiger partial charge in [-0.1, -0.05) is 35.9 Å². The average molecular weight is 540 g/mol. The maximum Gasteiger partial charge on any atom is 0.343 e. The number of ether oxygens (including phenoxy) is 4. The van der Waals surface area contributed by atoms with Crippen LogP contribution in [0, 0.1) is 0 Å². The van der Waals surface area contributed by atoms with Crippen LogP contribution in [-0.4, -0.2) is 49.4 Å². The topological polar surface area (TPSA) is 91.4 Å². The van der Waals surface area contributed by atoms with Crippen LogP contribution in [0.2, 0.25) is 5.02 Å². The van der Waals surface area contributed by atoms with Crippen LogP contribution in [0.4, 0.5) is 4.79 Å². The summed E-state index contributed by atoms with van der Waals surface area (Å²) >= 11 is 6.69. The summed E-state index contributed by atoms with van der Waals surface area (Å²) in [5.41, 5.74) is 0.689. The van der Waals surface area contributed by atoms with Crippen LogP contribution in [0.25, 0.3) is 6.08 Å². The quantitative estimate of drug-likeness (QED) is 0.194. The number of carbonyl (C=O) groups excluding carboxylic acids is 3. The van der Waals surface area contributed by atoms with E-state index in [0.29, 0.717) is 27.8 Å². The first-order valence-electron chi connectivity index (χ1n) is 11.1. The summed E-state index contributed by atoms with van der Waals surface area (Å²) in [4.78, 5) is 39.6. The highest BCUT2D eigenvalue weighted by molar-refractivity contribution is 8.18. The molecule has 1 saturated heterocycles. The summed E-state index contributed by atoms with van der Waals surface area (Å²) in [5.74, 6) is 0.372. The van der Waals surface area contributed by atoms with Crippen molar-refractivity contribution in [1.29, 1.82) is 0 Å². The first-order valence-corrected chi connectivity index (χ1v) is 12.3. The lowest BCUT2D eigenvalue weighted by Gasteiger charge is -2.15. The van der Waals surface area contributed by atoms with E-state index in [4.69, 9.17) is 30.5 Å². The predicted octanol–water partition coefficient (Wildman–Crippen LogP) is 5.69. The number of thioether (sulfide) groups is 1. The molecule has 0 unspecified atom stereocenters. The summed E-state index contributed by atoms with van der Waals surface area (Å²) in [6.07, 6.45) is 1.50. The lowest BCUT2D eigenvalue weighted by molar-refractivity contribution is -0.123. The molecule has 190 valence electrons. The zero-order valence-corrected chi connectivity index (χ0v) is 21.5. The molecule has 0 N–H and O–H groups in total. The van der Waals surface area contributed by atoms with E-state index in [1.54, 1.807) is 48.5 Å². The van der Waals surface area contributed by atoms with Gasteiger partial charge >= 0.3 is 5.97 Å². The molecule has 1 aliphatic rings. The molecule has 10 heteroatoms. The molecule has 0 saturated carbocycles. The van der Waals surface area contributed by atoms with Gasteiger partial charge in [-0.3, -0.25) is 14.5 Å². The molecule has 0 bridgehead atoms. The predicted molar refractivity (Wildman–Crippen MR) is 141 cm³/mol. The summed E-state index contributed by atoms with van der Waals surface area (Å²) in [6, 6.07) is 18.3. The van der Waals surface area contributed by atoms with Gasteiger partial charge in [-0.15, -0.1) is 0 Å². The number of benzene rings is 3. The number of rotatable bonds is 9. The molecule has 37 heavy (non-hydrogen) atoms. The van der Waals surface area contributed by atoms with Crippen LogP contribution >= 0.6 is 23.4 Å². The lowest BCUT2D eigenvalue weighted by Crippen LogP contribution is -2.32. The van der Waals surface area contributed by atoms with Crippen molar-refractivity contribution in [3.63, 3.8) is 0 Å². The van der Waals surface area contributed by atoms with Gasteiger partial charge in [0, 0.05) is 10.6 Å². The molecular weight excluding hydrogens is 518 g/mol. The highest BCUT2D eigenvalue weighted by atomic mass is 35.5. The monoisotopic (exact) mass is 539 g/mol. The first-order chi connectivity index (χ1) is 17.9. The second-order valence-electron chi connectivity index (χ2n) is 7.61. The highest BCUT2D eigenvalue weighted by Crippen LogP contribution is 2.38. The maximum atomic E-state index is 13.0. The Morgan fingerprint density at radius 3 is 2.30 bits per heavy atom. The Balaban J connectivity index is 1.51. The molecule has 3 aromatic carbocycles. The molecule has 0 spiro atoms. The lowest BCUT2D eigenvalue weighted by atomic mass is 10.1. The van der Waals surface area contributed by atoms with Crippen LogP contribution in [0.3, 0.4) is 0 Å². The Hall–Kier alpha value is -3.95. The maximum absolute atomic E-state index is 13.0. The SMILES string of the molecule is COc1ccccc1OCCN1C(=O)S/C(=C\c2cccc(OC)c2OC(=O)c2ccc(Cl)cc2)C1=O. The third kappa shape index (κ3) is 6.07. The van der Waals surface area contributed by atoms with E-state index in [2.05, 4.69) is 0 Å². The average Bonchev–Trinajstić information content (AvgIpc) is 3.17. The van der Waals surface area contributed by atoms with Gasteiger partial charge in [-0.05, 0) is 60.3 Å². The number of methoxy groups -OCH3 is 2. The van der Waals surface area contributed by atoms with Crippen LogP contribution in [0.5, 0.6) is 23.0 Å². The van der Waals surface area contributed by atoms with Crippen LogP contribution < -0.4 is 18.9 Å². The van der Waals surface area contributed by atoms with Crippen molar-refractivity contribution in [2.24, 2.45) is 0 Å². The third-order valence-corrected chi connectivity index (χ3v) is 6.47. The van der Waals surface area contributed by atoms with Gasteiger partial charge in [-0.25, -0.2) is 4.79 Å². The third-order valence-electron chi connectivity index (χ3n) is 5.31. The number of imide groups is 1. The second-order valence-corrected chi connectivity index (χ2v) is 9.04. The number of halogens is 1. The van der Waals surface area contributed by atoms with Gasteiger partial charge in [-0.2, -0.15) is 0 Å². The van der Waals surface area contributed by atoms with Gasteiger partial charge in [0.2, 0.25) is 0 Å². The van der Waals surface area contributed by atoms with E-state index in [1.807, 2.05) is 6.07 Å². The van der Waals surface area contributed by atoms with Crippen LogP contribution in [-0.2, 0) is 4.79 Å². The minimum atomic E-state index is -0.627. The van der Waals surface area contributed by atoms with Gasteiger partial charge in [0.1, 0.15) is 6.61 Å². The van der Waals surface area contributed by atoms with Crippen LogP contribution in [0.1, 0.15) is 15.9 Å². The minimum Gasteiger partial charge on any atom is -0.493 e. The molecule has 0 aliphatic carbocycles. The standard InChI is InChI=1S/C27H22ClNO7S/c1-33-20-7-3-4-8-21(20)35-15-14-29-25(30)23(37-27(29)32)16-18-6-5-9-22(34-2)24(18)36-26(31)17-10-12-19(28)13-11-17/h3-13,16H,14-15H2,1-2H3/b23-16-. The van der Waals surface area contributed by atoms with Crippen molar-refractivity contribution in [2.45, 2.75) is 0 Å². The number of hydrogen-bond donors (Lipinski definition) is 0. The van der Waals surface area contributed by atoms with Gasteiger partial charge in [0.25, 0.3) is 11.1 Å². The van der Waals surface area contributed by atoms with Crippen molar-refractivity contribution in [3.8, 4) is 23.0 Å². The fourth-order valence-electron chi connectivity index (χ4n) is 3.47. The van der Waals surface area contributed by atoms with Gasteiger partial charge in [0.05, 0.1) is 31.2 Å². The zero-order valence-electron chi connectivity index (χ0n) is 19.9. The number of esters is 1. The van der Waals surface area contributed by atoms with E-state index >= 15 is 0 Å². The van der Waals surface area contributed by atoms with E-state index in [9.17, 15) is 14.4 Å². The molecule has 0 atom stereocenters. The van der Waals surface area contributed by atoms with Crippen LogP contribution in [0.15, 0.2) is 71.6 Å². The molecule has 8 nitrogen and oxygen atoms in total. The van der Waals surface area contributed by atoms with E-state index in [1.165, 1.54) is 32.4 Å². The minimum absolute atomic E-state index is 0.0522. The van der Waals surface area contributed by atoms with Crippen molar-refractivity contribution in [1.82, 2.24) is 4.90 Å². The van der Waals surface area contributed by atoms with E-state index in [0.717, 1.165) is 16.7 Å². The Bertz CT molecular complexity index is 1360. The largest absolute Gasteiger partial charge is 0.493 e. The van der Waals surface area contributed by atoms with Crippen molar-refractivity contribution < 1.29 is 33.3 Å². The van der Waals surface area contributed by atoms with Crippen molar-refractivity contribution in [2.75, 3.05) is 27.4 Å².